The fraction of sp³-hybridized carbons (Fsp3) is 0.0769. The van der Waals surface area contributed by atoms with Crippen LogP contribution in [0.1, 0.15) is 6.42 Å². The molecule has 0 nitrogen and oxygen atoms in total. The zero-order valence-corrected chi connectivity index (χ0v) is 9.62. The van der Waals surface area contributed by atoms with Gasteiger partial charge in [0, 0.05) is 0 Å². The first-order valence-corrected chi connectivity index (χ1v) is 5.41. The molecule has 0 fully saturated rings. The van der Waals surface area contributed by atoms with Crippen LogP contribution in [0, 0.1) is 0 Å². The fourth-order valence-electron chi connectivity index (χ4n) is 0.960. The number of hydrogen-bond acceptors (Lipinski definition) is 0. The Morgan fingerprint density at radius 1 is 0.714 bits per heavy atom. The number of allylic oxidation sites excluding steroid dienone is 12. The van der Waals surface area contributed by atoms with Crippen molar-refractivity contribution in [2.24, 2.45) is 0 Å². The standard InChI is InChI=1S/C8H8.C5H5.Ti/c1-2-4-6-8-7-5-3-1;1-2-4-5-3-1;/h1-8H;1-3H,4H2;. The van der Waals surface area contributed by atoms with E-state index in [2.05, 4.69) is 38.7 Å². The molecular weight excluding hydrogens is 204 g/mol. The van der Waals surface area contributed by atoms with E-state index >= 15 is 0 Å². The molecule has 0 radical (unpaired) electrons. The summed E-state index contributed by atoms with van der Waals surface area (Å²) in [5, 5.41) is 0. The van der Waals surface area contributed by atoms with Gasteiger partial charge in [0.2, 0.25) is 0 Å². The van der Waals surface area contributed by atoms with Gasteiger partial charge in [-0.15, -0.1) is 0 Å². The van der Waals surface area contributed by atoms with Crippen molar-refractivity contribution >= 4 is 0 Å². The van der Waals surface area contributed by atoms with Crippen LogP contribution in [0.4, 0.5) is 0 Å². The minimum atomic E-state index is 1.17. The van der Waals surface area contributed by atoms with Crippen molar-refractivity contribution in [1.82, 2.24) is 0 Å². The molecule has 14 heavy (non-hydrogen) atoms. The Labute approximate surface area is 97.5 Å². The summed E-state index contributed by atoms with van der Waals surface area (Å²) in [6.45, 7) is 0. The summed E-state index contributed by atoms with van der Waals surface area (Å²) in [5.41, 5.74) is 0. The third-order valence-corrected chi connectivity index (χ3v) is 2.24. The van der Waals surface area contributed by atoms with E-state index in [4.69, 9.17) is 0 Å². The molecule has 0 saturated carbocycles. The van der Waals surface area contributed by atoms with Gasteiger partial charge in [-0.1, -0.05) is 48.6 Å². The number of hydrogen-bond donors (Lipinski definition) is 0. The monoisotopic (exact) mass is 217 g/mol. The normalized spacial score (nSPS) is 16.9. The molecule has 0 aromatic rings. The van der Waals surface area contributed by atoms with Crippen LogP contribution in [0.2, 0.25) is 0 Å². The molecule has 2 aliphatic rings. The van der Waals surface area contributed by atoms with Crippen LogP contribution in [-0.4, -0.2) is 0 Å². The Kier molecular flexibility index (Phi) is 6.05. The van der Waals surface area contributed by atoms with Crippen LogP contribution in [-0.2, 0) is 20.4 Å². The number of rotatable bonds is 0. The van der Waals surface area contributed by atoms with Gasteiger partial charge in [0.05, 0.1) is 0 Å². The predicted octanol–water partition coefficient (Wildman–Crippen LogP) is 3.60. The Bertz CT molecular complexity index is 269. The van der Waals surface area contributed by atoms with Crippen molar-refractivity contribution in [3.8, 4) is 0 Å². The molecule has 0 amide bonds. The quantitative estimate of drug-likeness (QED) is 0.544. The molecule has 0 unspecified atom stereocenters. The second-order valence-corrected chi connectivity index (χ2v) is 3.87. The van der Waals surface area contributed by atoms with Crippen LogP contribution < -0.4 is 0 Å². The van der Waals surface area contributed by atoms with Crippen LogP contribution in [0.15, 0.2) is 70.7 Å². The summed E-state index contributed by atoms with van der Waals surface area (Å²) in [6, 6.07) is 0. The first kappa shape index (κ1) is 11.2. The van der Waals surface area contributed by atoms with Crippen LogP contribution in [0.3, 0.4) is 0 Å². The molecule has 0 spiro atoms. The van der Waals surface area contributed by atoms with E-state index < -0.39 is 0 Å². The summed E-state index contributed by atoms with van der Waals surface area (Å²) in [7, 11) is 0. The molecule has 1 heteroatoms. The maximum atomic E-state index is 2.16. The third-order valence-electron chi connectivity index (χ3n) is 1.66. The molecule has 2 rings (SSSR count). The molecule has 0 aliphatic heterocycles. The van der Waals surface area contributed by atoms with E-state index in [1.165, 1.54) is 10.3 Å². The Balaban J connectivity index is 0.000000146. The summed E-state index contributed by atoms with van der Waals surface area (Å²) < 4.78 is 1.47. The zero-order valence-electron chi connectivity index (χ0n) is 8.06. The van der Waals surface area contributed by atoms with E-state index in [9.17, 15) is 0 Å². The maximum absolute atomic E-state index is 2.16. The van der Waals surface area contributed by atoms with Gasteiger partial charge in [-0.3, -0.25) is 0 Å². The predicted molar refractivity (Wildman–Crippen MR) is 58.4 cm³/mol. The first-order chi connectivity index (χ1) is 6.89. The Morgan fingerprint density at radius 2 is 1.14 bits per heavy atom. The minimum absolute atomic E-state index is 1.17. The Morgan fingerprint density at radius 3 is 1.29 bits per heavy atom. The molecule has 0 aromatic heterocycles. The van der Waals surface area contributed by atoms with E-state index in [-0.39, 0.29) is 0 Å². The van der Waals surface area contributed by atoms with Gasteiger partial charge in [-0.05, 0) is 0 Å². The third kappa shape index (κ3) is 5.74. The first-order valence-electron chi connectivity index (χ1n) is 4.63. The van der Waals surface area contributed by atoms with Gasteiger partial charge in [-0.25, -0.2) is 0 Å². The van der Waals surface area contributed by atoms with Crippen LogP contribution in [0.5, 0.6) is 0 Å². The molecular formula is C13H13Ti. The van der Waals surface area contributed by atoms with Gasteiger partial charge in [-0.2, -0.15) is 0 Å². The van der Waals surface area contributed by atoms with E-state index in [1.807, 2.05) is 48.6 Å². The molecule has 0 saturated heterocycles. The molecule has 0 atom stereocenters. The van der Waals surface area contributed by atoms with Crippen molar-refractivity contribution < 1.29 is 20.4 Å². The molecule has 0 N–H and O–H groups in total. The summed E-state index contributed by atoms with van der Waals surface area (Å²) in [6.07, 6.45) is 23.6. The van der Waals surface area contributed by atoms with Crippen LogP contribution >= 0.6 is 0 Å². The van der Waals surface area contributed by atoms with Gasteiger partial charge in [0.1, 0.15) is 0 Å². The van der Waals surface area contributed by atoms with Crippen LogP contribution in [0.25, 0.3) is 0 Å². The van der Waals surface area contributed by atoms with Crippen molar-refractivity contribution in [1.29, 1.82) is 0 Å². The molecule has 0 heterocycles. The topological polar surface area (TPSA) is 0 Å². The summed E-state index contributed by atoms with van der Waals surface area (Å²) >= 11 is 2.14. The van der Waals surface area contributed by atoms with Crippen molar-refractivity contribution in [2.75, 3.05) is 0 Å². The SMILES string of the molecule is C1=CC=CC=CC=C1.[Ti][C]1=CC=CC1. The van der Waals surface area contributed by atoms with Gasteiger partial charge in [0.15, 0.2) is 0 Å². The van der Waals surface area contributed by atoms with Gasteiger partial charge in [0.25, 0.3) is 0 Å². The second kappa shape index (κ2) is 7.55. The van der Waals surface area contributed by atoms with Crippen molar-refractivity contribution in [3.05, 3.63) is 70.7 Å². The van der Waals surface area contributed by atoms with Crippen molar-refractivity contribution in [3.63, 3.8) is 0 Å². The molecule has 0 aromatic carbocycles. The molecule has 0 bridgehead atoms. The van der Waals surface area contributed by atoms with Crippen molar-refractivity contribution in [2.45, 2.75) is 6.42 Å². The summed E-state index contributed by atoms with van der Waals surface area (Å²) in [4.78, 5) is 0. The van der Waals surface area contributed by atoms with Gasteiger partial charge >= 0.3 is 49.0 Å². The molecule has 69 valence electrons. The van der Waals surface area contributed by atoms with E-state index in [0.717, 1.165) is 0 Å². The zero-order chi connectivity index (χ0) is 10.1. The average molecular weight is 217 g/mol. The van der Waals surface area contributed by atoms with E-state index in [0.29, 0.717) is 0 Å². The van der Waals surface area contributed by atoms with E-state index in [1.54, 1.807) is 0 Å². The van der Waals surface area contributed by atoms with Gasteiger partial charge < -0.3 is 0 Å². The molecule has 2 aliphatic carbocycles. The average Bonchev–Trinajstić information content (AvgIpc) is 2.55. The second-order valence-electron chi connectivity index (χ2n) is 2.86. The fourth-order valence-corrected chi connectivity index (χ4v) is 1.29. The Hall–Kier alpha value is -0.846. The summed E-state index contributed by atoms with van der Waals surface area (Å²) in [5.74, 6) is 0.